The van der Waals surface area contributed by atoms with E-state index in [4.69, 9.17) is 14.9 Å². The minimum Gasteiger partial charge on any atom is -0.481 e. The van der Waals surface area contributed by atoms with Crippen LogP contribution < -0.4 is 5.32 Å². The lowest BCUT2D eigenvalue weighted by Crippen LogP contribution is -2.41. The van der Waals surface area contributed by atoms with Crippen molar-refractivity contribution < 1.29 is 29.3 Å². The molecule has 7 heteroatoms. The van der Waals surface area contributed by atoms with Gasteiger partial charge >= 0.3 is 18.0 Å². The van der Waals surface area contributed by atoms with E-state index >= 15 is 0 Å². The summed E-state index contributed by atoms with van der Waals surface area (Å²) in [5.41, 5.74) is 0. The van der Waals surface area contributed by atoms with Crippen LogP contribution in [-0.4, -0.2) is 40.9 Å². The van der Waals surface area contributed by atoms with Gasteiger partial charge in [0.1, 0.15) is 6.04 Å². The van der Waals surface area contributed by atoms with Gasteiger partial charge in [-0.05, 0) is 12.8 Å². The first kappa shape index (κ1) is 16.2. The maximum absolute atomic E-state index is 11.2. The molecule has 104 valence electrons. The molecule has 0 aromatic rings. The third-order valence-electron chi connectivity index (χ3n) is 2.22. The van der Waals surface area contributed by atoms with Gasteiger partial charge in [-0.3, -0.25) is 4.79 Å². The Morgan fingerprint density at radius 3 is 2.39 bits per heavy atom. The number of aliphatic carboxylic acids is 2. The highest BCUT2D eigenvalue weighted by molar-refractivity contribution is 5.80. The summed E-state index contributed by atoms with van der Waals surface area (Å²) < 4.78 is 4.77. The Hall–Kier alpha value is -1.79. The zero-order valence-electron chi connectivity index (χ0n) is 10.3. The Morgan fingerprint density at radius 1 is 1.22 bits per heavy atom. The molecule has 0 saturated heterocycles. The molecule has 0 aromatic heterocycles. The smallest absolute Gasteiger partial charge is 0.407 e. The van der Waals surface area contributed by atoms with Crippen LogP contribution in [0.25, 0.3) is 0 Å². The van der Waals surface area contributed by atoms with E-state index in [9.17, 15) is 14.4 Å². The predicted molar refractivity (Wildman–Crippen MR) is 62.3 cm³/mol. The van der Waals surface area contributed by atoms with Crippen molar-refractivity contribution in [3.8, 4) is 0 Å². The molecule has 1 unspecified atom stereocenters. The molecule has 7 nitrogen and oxygen atoms in total. The molecule has 0 bridgehead atoms. The number of hydrogen-bond donors (Lipinski definition) is 3. The standard InChI is InChI=1S/C11H19NO6/c1-2-3-4-7-18-11(17)12-8(10(15)16)5-6-9(13)14/h8H,2-7H2,1H3,(H,12,17)(H,13,14)(H,15,16). The molecular formula is C11H19NO6. The summed E-state index contributed by atoms with van der Waals surface area (Å²) in [7, 11) is 0. The van der Waals surface area contributed by atoms with Crippen LogP contribution in [0, 0.1) is 0 Å². The van der Waals surface area contributed by atoms with E-state index < -0.39 is 24.1 Å². The van der Waals surface area contributed by atoms with Crippen LogP contribution in [0.5, 0.6) is 0 Å². The van der Waals surface area contributed by atoms with Crippen LogP contribution in [0.4, 0.5) is 4.79 Å². The van der Waals surface area contributed by atoms with E-state index in [1.54, 1.807) is 0 Å². The Balaban J connectivity index is 3.96. The minimum atomic E-state index is -1.28. The maximum Gasteiger partial charge on any atom is 0.407 e. The average molecular weight is 261 g/mol. The van der Waals surface area contributed by atoms with Crippen molar-refractivity contribution in [2.75, 3.05) is 6.61 Å². The second-order valence-electron chi connectivity index (χ2n) is 3.81. The number of hydrogen-bond acceptors (Lipinski definition) is 4. The second-order valence-corrected chi connectivity index (χ2v) is 3.81. The van der Waals surface area contributed by atoms with E-state index in [0.29, 0.717) is 0 Å². The van der Waals surface area contributed by atoms with Gasteiger partial charge in [-0.25, -0.2) is 9.59 Å². The molecule has 3 N–H and O–H groups in total. The summed E-state index contributed by atoms with van der Waals surface area (Å²) in [6.45, 7) is 2.23. The summed E-state index contributed by atoms with van der Waals surface area (Å²) in [5.74, 6) is -2.39. The van der Waals surface area contributed by atoms with E-state index in [1.165, 1.54) is 0 Å². The molecule has 18 heavy (non-hydrogen) atoms. The number of unbranched alkanes of at least 4 members (excludes halogenated alkanes) is 2. The van der Waals surface area contributed by atoms with Crippen molar-refractivity contribution in [3.05, 3.63) is 0 Å². The van der Waals surface area contributed by atoms with Gasteiger partial charge in [-0.1, -0.05) is 19.8 Å². The number of carbonyl (C=O) groups excluding carboxylic acids is 1. The number of carboxylic acid groups (broad SMARTS) is 2. The molecule has 0 aliphatic carbocycles. The van der Waals surface area contributed by atoms with Crippen molar-refractivity contribution in [2.24, 2.45) is 0 Å². The highest BCUT2D eigenvalue weighted by atomic mass is 16.5. The topological polar surface area (TPSA) is 113 Å². The van der Waals surface area contributed by atoms with Crippen LogP contribution in [0.2, 0.25) is 0 Å². The third kappa shape index (κ3) is 8.37. The number of amides is 1. The first-order valence-electron chi connectivity index (χ1n) is 5.85. The number of carbonyl (C=O) groups is 3. The highest BCUT2D eigenvalue weighted by Crippen LogP contribution is 2.00. The zero-order valence-corrected chi connectivity index (χ0v) is 10.3. The van der Waals surface area contributed by atoms with Crippen LogP contribution in [0.1, 0.15) is 39.0 Å². The van der Waals surface area contributed by atoms with Crippen molar-refractivity contribution in [3.63, 3.8) is 0 Å². The molecule has 0 radical (unpaired) electrons. The number of alkyl carbamates (subject to hydrolysis) is 1. The van der Waals surface area contributed by atoms with Crippen LogP contribution in [0.15, 0.2) is 0 Å². The summed E-state index contributed by atoms with van der Waals surface area (Å²) in [6, 6.07) is -1.24. The number of rotatable bonds is 9. The van der Waals surface area contributed by atoms with E-state index in [2.05, 4.69) is 5.32 Å². The highest BCUT2D eigenvalue weighted by Gasteiger charge is 2.21. The lowest BCUT2D eigenvalue weighted by Gasteiger charge is -2.13. The van der Waals surface area contributed by atoms with Crippen molar-refractivity contribution in [1.82, 2.24) is 5.32 Å². The van der Waals surface area contributed by atoms with Crippen LogP contribution >= 0.6 is 0 Å². The van der Waals surface area contributed by atoms with Gasteiger partial charge in [0.15, 0.2) is 0 Å². The molecule has 0 heterocycles. The van der Waals surface area contributed by atoms with Crippen LogP contribution in [0.3, 0.4) is 0 Å². The number of ether oxygens (including phenoxy) is 1. The van der Waals surface area contributed by atoms with Gasteiger partial charge in [0, 0.05) is 6.42 Å². The summed E-state index contributed by atoms with van der Waals surface area (Å²) >= 11 is 0. The normalized spacial score (nSPS) is 11.6. The maximum atomic E-state index is 11.2. The molecular weight excluding hydrogens is 242 g/mol. The van der Waals surface area contributed by atoms with E-state index in [-0.39, 0.29) is 19.4 Å². The largest absolute Gasteiger partial charge is 0.481 e. The molecule has 1 atom stereocenters. The van der Waals surface area contributed by atoms with Crippen molar-refractivity contribution >= 4 is 18.0 Å². The first-order chi connectivity index (χ1) is 8.47. The molecule has 1 amide bonds. The fourth-order valence-electron chi connectivity index (χ4n) is 1.23. The Labute approximate surface area is 105 Å². The van der Waals surface area contributed by atoms with Crippen LogP contribution in [-0.2, 0) is 14.3 Å². The molecule has 0 spiro atoms. The third-order valence-corrected chi connectivity index (χ3v) is 2.22. The fourth-order valence-corrected chi connectivity index (χ4v) is 1.23. The van der Waals surface area contributed by atoms with Gasteiger partial charge in [0.2, 0.25) is 0 Å². The van der Waals surface area contributed by atoms with Gasteiger partial charge in [0.05, 0.1) is 6.61 Å². The monoisotopic (exact) mass is 261 g/mol. The minimum absolute atomic E-state index is 0.172. The average Bonchev–Trinajstić information content (AvgIpc) is 2.29. The molecule has 0 fully saturated rings. The molecule has 0 aliphatic rings. The molecule has 0 aliphatic heterocycles. The summed E-state index contributed by atoms with van der Waals surface area (Å²) in [6.07, 6.45) is 1.30. The van der Waals surface area contributed by atoms with Crippen molar-refractivity contribution in [2.45, 2.75) is 45.1 Å². The fraction of sp³-hybridized carbons (Fsp3) is 0.727. The molecule has 0 rings (SSSR count). The SMILES string of the molecule is CCCCCOC(=O)NC(CCC(=O)O)C(=O)O. The first-order valence-corrected chi connectivity index (χ1v) is 5.85. The van der Waals surface area contributed by atoms with Gasteiger partial charge in [-0.15, -0.1) is 0 Å². The van der Waals surface area contributed by atoms with E-state index in [0.717, 1.165) is 19.3 Å². The lowest BCUT2D eigenvalue weighted by atomic mass is 10.1. The molecule has 0 saturated carbocycles. The Morgan fingerprint density at radius 2 is 1.89 bits per heavy atom. The number of nitrogens with one attached hydrogen (secondary N) is 1. The zero-order chi connectivity index (χ0) is 14.0. The van der Waals surface area contributed by atoms with Gasteiger partial charge < -0.3 is 20.3 Å². The molecule has 0 aromatic carbocycles. The summed E-state index contributed by atoms with van der Waals surface area (Å²) in [5, 5.41) is 19.3. The van der Waals surface area contributed by atoms with Gasteiger partial charge in [-0.2, -0.15) is 0 Å². The van der Waals surface area contributed by atoms with Crippen molar-refractivity contribution in [1.29, 1.82) is 0 Å². The second kappa shape index (κ2) is 9.26. The Kier molecular flexibility index (Phi) is 8.34. The Bertz CT molecular complexity index is 291. The van der Waals surface area contributed by atoms with E-state index in [1.807, 2.05) is 6.92 Å². The quantitative estimate of drug-likeness (QED) is 0.538. The van der Waals surface area contributed by atoms with Gasteiger partial charge in [0.25, 0.3) is 0 Å². The summed E-state index contributed by atoms with van der Waals surface area (Å²) in [4.78, 5) is 32.3. The predicted octanol–water partition coefficient (Wildman–Crippen LogP) is 1.22. The lowest BCUT2D eigenvalue weighted by molar-refractivity contribution is -0.140. The number of carboxylic acids is 2.